The third-order valence-corrected chi connectivity index (χ3v) is 3.72. The van der Waals surface area contributed by atoms with Gasteiger partial charge in [0.1, 0.15) is 41.3 Å². The van der Waals surface area contributed by atoms with Gasteiger partial charge in [0.15, 0.2) is 0 Å². The van der Waals surface area contributed by atoms with E-state index in [1.807, 2.05) is 26.8 Å². The van der Waals surface area contributed by atoms with Crippen molar-refractivity contribution in [2.75, 3.05) is 0 Å². The maximum absolute atomic E-state index is 4.21. The second kappa shape index (κ2) is 12.6. The highest BCUT2D eigenvalue weighted by Crippen LogP contribution is 2.08. The summed E-state index contributed by atoms with van der Waals surface area (Å²) >= 11 is 0. The van der Waals surface area contributed by atoms with Crippen molar-refractivity contribution in [3.05, 3.63) is 59.7 Å². The summed E-state index contributed by atoms with van der Waals surface area (Å²) in [5.41, 5.74) is 0. The molecule has 0 saturated heterocycles. The van der Waals surface area contributed by atoms with Crippen LogP contribution >= 0.6 is 0 Å². The van der Waals surface area contributed by atoms with Crippen LogP contribution in [0.2, 0.25) is 0 Å². The van der Waals surface area contributed by atoms with E-state index in [-0.39, 0.29) is 0 Å². The van der Waals surface area contributed by atoms with Gasteiger partial charge in [-0.25, -0.2) is 39.9 Å². The molecule has 3 rings (SSSR count). The van der Waals surface area contributed by atoms with Gasteiger partial charge in [-0.05, 0) is 26.8 Å². The van der Waals surface area contributed by atoms with Crippen LogP contribution in [-0.2, 0) is 0 Å². The van der Waals surface area contributed by atoms with Gasteiger partial charge in [0.05, 0.1) is 0 Å². The van der Waals surface area contributed by atoms with Crippen molar-refractivity contribution in [1.29, 1.82) is 0 Å². The van der Waals surface area contributed by atoms with Crippen LogP contribution in [0.15, 0.2) is 24.8 Å². The van der Waals surface area contributed by atoms with Gasteiger partial charge in [-0.1, -0.05) is 41.5 Å². The minimum atomic E-state index is 0.385. The Morgan fingerprint density at radius 1 is 0.500 bits per heavy atom. The Bertz CT molecular complexity index is 859. The molecule has 30 heavy (non-hydrogen) atoms. The molecule has 0 aliphatic rings. The zero-order chi connectivity index (χ0) is 22.7. The van der Waals surface area contributed by atoms with E-state index in [4.69, 9.17) is 0 Å². The Morgan fingerprint density at radius 3 is 1.33 bits per heavy atom. The van der Waals surface area contributed by atoms with Gasteiger partial charge < -0.3 is 0 Å². The van der Waals surface area contributed by atoms with E-state index in [0.717, 1.165) is 34.9 Å². The van der Waals surface area contributed by atoms with Crippen LogP contribution in [0.5, 0.6) is 0 Å². The van der Waals surface area contributed by atoms with E-state index >= 15 is 0 Å². The van der Waals surface area contributed by atoms with Gasteiger partial charge in [0, 0.05) is 30.1 Å². The van der Waals surface area contributed by atoms with Crippen LogP contribution in [0.3, 0.4) is 0 Å². The van der Waals surface area contributed by atoms with Crippen LogP contribution in [0.4, 0.5) is 0 Å². The number of aromatic nitrogens is 8. The number of nitrogens with zero attached hydrogens (tertiary/aromatic N) is 8. The molecule has 0 radical (unpaired) electrons. The van der Waals surface area contributed by atoms with E-state index in [1.165, 1.54) is 0 Å². The second-order valence-electron chi connectivity index (χ2n) is 7.75. The smallest absolute Gasteiger partial charge is 0.135 e. The summed E-state index contributed by atoms with van der Waals surface area (Å²) in [5, 5.41) is 0. The molecule has 0 N–H and O–H groups in total. The Balaban J connectivity index is 0.000000226. The van der Waals surface area contributed by atoms with Crippen molar-refractivity contribution in [3.8, 4) is 0 Å². The molecule has 0 unspecified atom stereocenters. The fourth-order valence-corrected chi connectivity index (χ4v) is 2.18. The van der Waals surface area contributed by atoms with E-state index in [0.29, 0.717) is 17.8 Å². The lowest BCUT2D eigenvalue weighted by atomic mass is 10.2. The molecule has 162 valence electrons. The molecule has 0 amide bonds. The Morgan fingerprint density at radius 2 is 0.967 bits per heavy atom. The minimum absolute atomic E-state index is 0.385. The Kier molecular flexibility index (Phi) is 10.6. The zero-order valence-electron chi connectivity index (χ0n) is 19.6. The molecule has 0 atom stereocenters. The predicted molar refractivity (Wildman–Crippen MR) is 118 cm³/mol. The molecule has 0 saturated carbocycles. The lowest BCUT2D eigenvalue weighted by Crippen LogP contribution is -2.03. The van der Waals surface area contributed by atoms with Gasteiger partial charge in [0.25, 0.3) is 0 Å². The van der Waals surface area contributed by atoms with Crippen LogP contribution in [-0.4, -0.2) is 39.9 Å². The third-order valence-electron chi connectivity index (χ3n) is 3.72. The topological polar surface area (TPSA) is 103 Å². The van der Waals surface area contributed by atoms with Crippen LogP contribution in [0.1, 0.15) is 94.2 Å². The van der Waals surface area contributed by atoms with Crippen molar-refractivity contribution in [3.63, 3.8) is 0 Å². The first kappa shape index (κ1) is 25.1. The first-order valence-electron chi connectivity index (χ1n) is 10.2. The van der Waals surface area contributed by atoms with Gasteiger partial charge in [0.2, 0.25) is 0 Å². The molecule has 0 aromatic carbocycles. The quantitative estimate of drug-likeness (QED) is 0.621. The molecule has 0 aliphatic heterocycles. The summed E-state index contributed by atoms with van der Waals surface area (Å²) in [6.45, 7) is 18.1. The highest BCUT2D eigenvalue weighted by molar-refractivity contribution is 4.98. The van der Waals surface area contributed by atoms with Crippen LogP contribution in [0.25, 0.3) is 0 Å². The molecule has 0 bridgehead atoms. The maximum Gasteiger partial charge on any atom is 0.135 e. The molecule has 8 heteroatoms. The van der Waals surface area contributed by atoms with Crippen molar-refractivity contribution in [1.82, 2.24) is 39.9 Å². The van der Waals surface area contributed by atoms with E-state index in [9.17, 15) is 0 Å². The molecule has 0 fully saturated rings. The molecular weight excluding hydrogens is 376 g/mol. The SMILES string of the molecule is CC(C)c1ncccn1.Cc1nc(C)nc(C(C)C)n1.Cc1ncnc(C(C)C)n1. The van der Waals surface area contributed by atoms with Gasteiger partial charge in [-0.3, -0.25) is 0 Å². The molecule has 3 heterocycles. The monoisotopic (exact) mass is 410 g/mol. The van der Waals surface area contributed by atoms with Crippen molar-refractivity contribution < 1.29 is 0 Å². The fourth-order valence-electron chi connectivity index (χ4n) is 2.18. The summed E-state index contributed by atoms with van der Waals surface area (Å²) in [6, 6.07) is 1.83. The number of hydrogen-bond acceptors (Lipinski definition) is 8. The number of hydrogen-bond donors (Lipinski definition) is 0. The maximum atomic E-state index is 4.21. The summed E-state index contributed by atoms with van der Waals surface area (Å²) in [6.07, 6.45) is 5.09. The largest absolute Gasteiger partial charge is 0.241 e. The third kappa shape index (κ3) is 9.54. The lowest BCUT2D eigenvalue weighted by Gasteiger charge is -2.03. The van der Waals surface area contributed by atoms with Gasteiger partial charge >= 0.3 is 0 Å². The Labute approximate surface area is 180 Å². The molecule has 3 aromatic heterocycles. The lowest BCUT2D eigenvalue weighted by molar-refractivity contribution is 0.732. The molecule has 0 aliphatic carbocycles. The van der Waals surface area contributed by atoms with Crippen LogP contribution in [0, 0.1) is 20.8 Å². The predicted octanol–water partition coefficient (Wildman–Crippen LogP) is 4.52. The minimum Gasteiger partial charge on any atom is -0.241 e. The standard InChI is InChI=1S/C8H13N3.C7H11N3.C7H10N2/c1-5(2)8-10-6(3)9-7(4)11-8;1-5(2)7-9-4-8-6(3)10-7;1-6(2)7-8-4-3-5-9-7/h5H,1-4H3;4-5H,1-3H3;3-6H,1-2H3. The highest BCUT2D eigenvalue weighted by Gasteiger charge is 2.04. The second-order valence-corrected chi connectivity index (χ2v) is 7.75. The molecule has 0 spiro atoms. The first-order chi connectivity index (χ1) is 14.1. The summed E-state index contributed by atoms with van der Waals surface area (Å²) in [7, 11) is 0. The average Bonchev–Trinajstić information content (AvgIpc) is 2.69. The summed E-state index contributed by atoms with van der Waals surface area (Å²) in [5.74, 6) is 6.28. The van der Waals surface area contributed by atoms with Crippen LogP contribution < -0.4 is 0 Å². The number of aryl methyl sites for hydroxylation is 3. The van der Waals surface area contributed by atoms with Crippen molar-refractivity contribution in [2.45, 2.75) is 80.1 Å². The highest BCUT2D eigenvalue weighted by atomic mass is 15.0. The normalized spacial score (nSPS) is 10.4. The Hall–Kier alpha value is -2.90. The molecule has 3 aromatic rings. The van der Waals surface area contributed by atoms with Crippen molar-refractivity contribution >= 4 is 0 Å². The first-order valence-corrected chi connectivity index (χ1v) is 10.2. The summed E-state index contributed by atoms with van der Waals surface area (Å²) < 4.78 is 0. The zero-order valence-corrected chi connectivity index (χ0v) is 19.6. The van der Waals surface area contributed by atoms with Gasteiger partial charge in [-0.15, -0.1) is 0 Å². The fraction of sp³-hybridized carbons (Fsp3) is 0.545. The van der Waals surface area contributed by atoms with Gasteiger partial charge in [-0.2, -0.15) is 0 Å². The van der Waals surface area contributed by atoms with E-state index in [1.54, 1.807) is 18.7 Å². The molecule has 8 nitrogen and oxygen atoms in total. The summed E-state index contributed by atoms with van der Waals surface area (Å²) in [4.78, 5) is 32.7. The van der Waals surface area contributed by atoms with E-state index < -0.39 is 0 Å². The van der Waals surface area contributed by atoms with E-state index in [2.05, 4.69) is 81.4 Å². The number of rotatable bonds is 3. The van der Waals surface area contributed by atoms with Crippen molar-refractivity contribution in [2.24, 2.45) is 0 Å². The average molecular weight is 411 g/mol. The molecular formula is C22H34N8.